The lowest BCUT2D eigenvalue weighted by molar-refractivity contribution is 0.657. The molecule has 218 valence electrons. The average Bonchev–Trinajstić information content (AvgIpc) is 3.60. The summed E-state index contributed by atoms with van der Waals surface area (Å²) in [6.07, 6.45) is 0. The van der Waals surface area contributed by atoms with E-state index in [0.717, 1.165) is 39.2 Å². The summed E-state index contributed by atoms with van der Waals surface area (Å²) in [5.74, 6) is 0. The highest BCUT2D eigenvalue weighted by molar-refractivity contribution is 6.11. The van der Waals surface area contributed by atoms with Crippen LogP contribution in [0.1, 0.15) is 25.0 Å². The van der Waals surface area contributed by atoms with Crippen molar-refractivity contribution >= 4 is 21.9 Å². The summed E-state index contributed by atoms with van der Waals surface area (Å²) >= 11 is 0. The molecule has 0 radical (unpaired) electrons. The number of rotatable bonds is 4. The van der Waals surface area contributed by atoms with Gasteiger partial charge in [-0.1, -0.05) is 129 Å². The maximum Gasteiger partial charge on any atom is 0.135 e. The van der Waals surface area contributed by atoms with Gasteiger partial charge in [-0.2, -0.15) is 0 Å². The van der Waals surface area contributed by atoms with Crippen LogP contribution in [0.2, 0.25) is 0 Å². The van der Waals surface area contributed by atoms with Crippen molar-refractivity contribution in [2.75, 3.05) is 0 Å². The van der Waals surface area contributed by atoms with Gasteiger partial charge in [-0.15, -0.1) is 0 Å². The van der Waals surface area contributed by atoms with Gasteiger partial charge in [0.2, 0.25) is 0 Å². The Morgan fingerprint density at radius 1 is 0.457 bits per heavy atom. The van der Waals surface area contributed by atoms with E-state index in [-0.39, 0.29) is 5.41 Å². The maximum atomic E-state index is 6.29. The van der Waals surface area contributed by atoms with E-state index in [0.29, 0.717) is 0 Å². The van der Waals surface area contributed by atoms with E-state index in [1.165, 1.54) is 49.7 Å². The SMILES string of the molecule is CC1(C)c2ccc(-c3cccc(-c4cc(-c5ccccc5)nc(-c5ccccc5)c4)c3)cc2-c2ccc3oc4ccccc4c3c21. The monoisotopic (exact) mass is 589 g/mol. The molecule has 0 amide bonds. The first-order valence-electron chi connectivity index (χ1n) is 15.9. The van der Waals surface area contributed by atoms with Crippen LogP contribution < -0.4 is 0 Å². The number of para-hydroxylation sites is 1. The molecule has 0 aliphatic heterocycles. The summed E-state index contributed by atoms with van der Waals surface area (Å²) in [4.78, 5) is 5.08. The molecule has 2 aromatic heterocycles. The van der Waals surface area contributed by atoms with Crippen LogP contribution in [-0.2, 0) is 5.41 Å². The number of furan rings is 1. The zero-order valence-electron chi connectivity index (χ0n) is 25.8. The lowest BCUT2D eigenvalue weighted by Gasteiger charge is -2.22. The molecule has 0 bridgehead atoms. The normalized spacial score (nSPS) is 13.2. The Morgan fingerprint density at radius 3 is 1.78 bits per heavy atom. The fraction of sp³-hybridized carbons (Fsp3) is 0.0682. The van der Waals surface area contributed by atoms with Crippen molar-refractivity contribution in [3.8, 4) is 55.9 Å². The van der Waals surface area contributed by atoms with Crippen LogP contribution in [-0.4, -0.2) is 4.98 Å². The lowest BCUT2D eigenvalue weighted by Crippen LogP contribution is -2.15. The molecule has 6 aromatic carbocycles. The van der Waals surface area contributed by atoms with Crippen LogP contribution in [0.15, 0.2) is 156 Å². The van der Waals surface area contributed by atoms with Crippen molar-refractivity contribution in [2.45, 2.75) is 19.3 Å². The minimum absolute atomic E-state index is 0.143. The molecule has 8 aromatic rings. The predicted molar refractivity (Wildman–Crippen MR) is 191 cm³/mol. The van der Waals surface area contributed by atoms with E-state index in [1.54, 1.807) is 0 Å². The Kier molecular flexibility index (Phi) is 5.88. The third kappa shape index (κ3) is 4.14. The van der Waals surface area contributed by atoms with Gasteiger partial charge in [0, 0.05) is 27.3 Å². The van der Waals surface area contributed by atoms with Crippen LogP contribution in [0.5, 0.6) is 0 Å². The first-order chi connectivity index (χ1) is 22.5. The minimum Gasteiger partial charge on any atom is -0.456 e. The van der Waals surface area contributed by atoms with Crippen molar-refractivity contribution in [3.63, 3.8) is 0 Å². The fourth-order valence-corrected chi connectivity index (χ4v) is 7.41. The molecular weight excluding hydrogens is 558 g/mol. The van der Waals surface area contributed by atoms with Crippen LogP contribution in [0.3, 0.4) is 0 Å². The lowest BCUT2D eigenvalue weighted by atomic mass is 9.80. The second-order valence-corrected chi connectivity index (χ2v) is 12.8. The van der Waals surface area contributed by atoms with Crippen molar-refractivity contribution < 1.29 is 4.42 Å². The van der Waals surface area contributed by atoms with Gasteiger partial charge in [0.05, 0.1) is 11.4 Å². The van der Waals surface area contributed by atoms with Gasteiger partial charge in [0.25, 0.3) is 0 Å². The van der Waals surface area contributed by atoms with Crippen LogP contribution in [0, 0.1) is 0 Å². The first kappa shape index (κ1) is 26.7. The average molecular weight is 590 g/mol. The molecule has 2 heteroatoms. The summed E-state index contributed by atoms with van der Waals surface area (Å²) in [5.41, 5.74) is 15.9. The molecule has 1 aliphatic carbocycles. The predicted octanol–water partition coefficient (Wildman–Crippen LogP) is 12.0. The van der Waals surface area contributed by atoms with Crippen molar-refractivity contribution in [1.29, 1.82) is 0 Å². The topological polar surface area (TPSA) is 26.0 Å². The van der Waals surface area contributed by atoms with Crippen LogP contribution >= 0.6 is 0 Å². The summed E-state index contributed by atoms with van der Waals surface area (Å²) < 4.78 is 6.29. The summed E-state index contributed by atoms with van der Waals surface area (Å²) in [6, 6.07) is 54.0. The minimum atomic E-state index is -0.143. The second kappa shape index (κ2) is 10.2. The van der Waals surface area contributed by atoms with Gasteiger partial charge in [0.1, 0.15) is 11.2 Å². The fourth-order valence-electron chi connectivity index (χ4n) is 7.41. The Bertz CT molecular complexity index is 2380. The van der Waals surface area contributed by atoms with Crippen LogP contribution in [0.4, 0.5) is 0 Å². The molecule has 0 spiro atoms. The number of benzene rings is 6. The zero-order valence-corrected chi connectivity index (χ0v) is 25.8. The van der Waals surface area contributed by atoms with E-state index < -0.39 is 0 Å². The number of fused-ring (bicyclic) bond motifs is 7. The quantitative estimate of drug-likeness (QED) is 0.204. The van der Waals surface area contributed by atoms with Crippen molar-refractivity contribution in [1.82, 2.24) is 4.98 Å². The van der Waals surface area contributed by atoms with Crippen LogP contribution in [0.25, 0.3) is 77.8 Å². The molecule has 2 heterocycles. The molecule has 0 fully saturated rings. The number of hydrogen-bond acceptors (Lipinski definition) is 2. The summed E-state index contributed by atoms with van der Waals surface area (Å²) in [6.45, 7) is 4.69. The molecular formula is C44H31NO. The van der Waals surface area contributed by atoms with Gasteiger partial charge in [0.15, 0.2) is 0 Å². The van der Waals surface area contributed by atoms with Gasteiger partial charge in [-0.05, 0) is 80.9 Å². The highest BCUT2D eigenvalue weighted by Crippen LogP contribution is 2.53. The molecule has 0 saturated heterocycles. The third-order valence-electron chi connectivity index (χ3n) is 9.65. The summed E-state index contributed by atoms with van der Waals surface area (Å²) in [7, 11) is 0. The van der Waals surface area contributed by atoms with E-state index >= 15 is 0 Å². The highest BCUT2D eigenvalue weighted by Gasteiger charge is 2.38. The molecule has 46 heavy (non-hydrogen) atoms. The van der Waals surface area contributed by atoms with E-state index in [1.807, 2.05) is 18.2 Å². The Hall–Kier alpha value is -5.73. The third-order valence-corrected chi connectivity index (χ3v) is 9.65. The molecule has 1 aliphatic rings. The molecule has 0 N–H and O–H groups in total. The number of pyridine rings is 1. The van der Waals surface area contributed by atoms with Gasteiger partial charge in [-0.25, -0.2) is 4.98 Å². The van der Waals surface area contributed by atoms with E-state index in [9.17, 15) is 0 Å². The van der Waals surface area contributed by atoms with Gasteiger partial charge >= 0.3 is 0 Å². The van der Waals surface area contributed by atoms with Gasteiger partial charge < -0.3 is 4.42 Å². The number of aromatic nitrogens is 1. The Balaban J connectivity index is 1.17. The van der Waals surface area contributed by atoms with E-state index in [2.05, 4.69) is 147 Å². The smallest absolute Gasteiger partial charge is 0.135 e. The first-order valence-corrected chi connectivity index (χ1v) is 15.9. The molecule has 0 atom stereocenters. The van der Waals surface area contributed by atoms with Gasteiger partial charge in [-0.3, -0.25) is 0 Å². The number of hydrogen-bond donors (Lipinski definition) is 0. The molecule has 2 nitrogen and oxygen atoms in total. The number of nitrogens with zero attached hydrogens (tertiary/aromatic N) is 1. The molecule has 0 unspecified atom stereocenters. The standard InChI is InChI=1S/C44H31NO/c1-44(2)37-22-20-32(25-36(37)34-21-23-41-42(43(34)44)35-18-9-10-19-40(35)46-41)30-16-11-17-31(24-30)33-26-38(28-12-5-3-6-13-28)45-39(27-33)29-14-7-4-8-15-29/h3-27H,1-2H3. The Labute approximate surface area is 268 Å². The maximum absolute atomic E-state index is 6.29. The van der Waals surface area contributed by atoms with Crippen molar-refractivity contribution in [2.24, 2.45) is 0 Å². The zero-order chi connectivity index (χ0) is 30.8. The highest BCUT2D eigenvalue weighted by atomic mass is 16.3. The molecule has 9 rings (SSSR count). The molecule has 0 saturated carbocycles. The largest absolute Gasteiger partial charge is 0.456 e. The second-order valence-electron chi connectivity index (χ2n) is 12.8. The summed E-state index contributed by atoms with van der Waals surface area (Å²) in [5, 5.41) is 2.42. The Morgan fingerprint density at radius 2 is 1.07 bits per heavy atom. The van der Waals surface area contributed by atoms with E-state index in [4.69, 9.17) is 9.40 Å². The van der Waals surface area contributed by atoms with Crippen molar-refractivity contribution in [3.05, 3.63) is 163 Å².